The van der Waals surface area contributed by atoms with Crippen LogP contribution in [0.15, 0.2) is 18.3 Å². The van der Waals surface area contributed by atoms with Crippen molar-refractivity contribution < 1.29 is 0 Å². The number of rotatable bonds is 3. The number of fused-ring (bicyclic) bond motifs is 1. The zero-order valence-electron chi connectivity index (χ0n) is 11.9. The minimum atomic E-state index is 0.269. The third-order valence-corrected chi connectivity index (χ3v) is 5.62. The van der Waals surface area contributed by atoms with Crippen molar-refractivity contribution in [1.82, 2.24) is 4.98 Å². The van der Waals surface area contributed by atoms with Crippen LogP contribution in [0.2, 0.25) is 5.15 Å². The zero-order chi connectivity index (χ0) is 14.1. The SMILES string of the molecule is Cc1ccnc(Cl)c1NC(C)c1cc2c(s1)CCCC2. The topological polar surface area (TPSA) is 24.9 Å². The van der Waals surface area contributed by atoms with E-state index in [-0.39, 0.29) is 6.04 Å². The molecule has 0 spiro atoms. The molecule has 1 atom stereocenters. The zero-order valence-corrected chi connectivity index (χ0v) is 13.4. The van der Waals surface area contributed by atoms with Gasteiger partial charge in [0, 0.05) is 16.0 Å². The van der Waals surface area contributed by atoms with Gasteiger partial charge in [0.15, 0.2) is 5.15 Å². The molecule has 2 nitrogen and oxygen atoms in total. The van der Waals surface area contributed by atoms with Crippen LogP contribution in [-0.4, -0.2) is 4.98 Å². The molecule has 4 heteroatoms. The van der Waals surface area contributed by atoms with E-state index in [4.69, 9.17) is 11.6 Å². The van der Waals surface area contributed by atoms with Gasteiger partial charge in [-0.05, 0) is 62.8 Å². The van der Waals surface area contributed by atoms with Gasteiger partial charge in [-0.3, -0.25) is 0 Å². The number of halogens is 1. The second-order valence-corrected chi connectivity index (χ2v) is 6.99. The van der Waals surface area contributed by atoms with E-state index in [0.29, 0.717) is 5.15 Å². The first-order valence-corrected chi connectivity index (χ1v) is 8.33. The summed E-state index contributed by atoms with van der Waals surface area (Å²) in [5.74, 6) is 0. The maximum atomic E-state index is 6.19. The van der Waals surface area contributed by atoms with E-state index in [9.17, 15) is 0 Å². The van der Waals surface area contributed by atoms with Gasteiger partial charge in [0.05, 0.1) is 11.7 Å². The Hall–Kier alpha value is -1.06. The molecule has 0 aliphatic heterocycles. The molecule has 0 saturated carbocycles. The summed E-state index contributed by atoms with van der Waals surface area (Å²) < 4.78 is 0. The summed E-state index contributed by atoms with van der Waals surface area (Å²) in [5, 5.41) is 4.07. The van der Waals surface area contributed by atoms with E-state index in [1.54, 1.807) is 16.6 Å². The second-order valence-electron chi connectivity index (χ2n) is 5.46. The van der Waals surface area contributed by atoms with Gasteiger partial charge < -0.3 is 5.32 Å². The molecule has 2 aromatic rings. The maximum Gasteiger partial charge on any atom is 0.152 e. The predicted molar refractivity (Wildman–Crippen MR) is 87.0 cm³/mol. The highest BCUT2D eigenvalue weighted by Gasteiger charge is 2.17. The molecule has 3 rings (SSSR count). The fourth-order valence-corrected chi connectivity index (χ4v) is 4.23. The maximum absolute atomic E-state index is 6.19. The highest BCUT2D eigenvalue weighted by Crippen LogP contribution is 2.35. The van der Waals surface area contributed by atoms with Gasteiger partial charge >= 0.3 is 0 Å². The van der Waals surface area contributed by atoms with Crippen LogP contribution >= 0.6 is 22.9 Å². The lowest BCUT2D eigenvalue weighted by Gasteiger charge is -2.16. The summed E-state index contributed by atoms with van der Waals surface area (Å²) in [7, 11) is 0. The van der Waals surface area contributed by atoms with Gasteiger partial charge in [-0.25, -0.2) is 4.98 Å². The summed E-state index contributed by atoms with van der Waals surface area (Å²) >= 11 is 8.14. The minimum absolute atomic E-state index is 0.269. The first-order chi connectivity index (χ1) is 9.65. The van der Waals surface area contributed by atoms with Gasteiger partial charge in [0.25, 0.3) is 0 Å². The van der Waals surface area contributed by atoms with E-state index in [2.05, 4.69) is 30.2 Å². The Morgan fingerprint density at radius 3 is 2.90 bits per heavy atom. The Labute approximate surface area is 129 Å². The van der Waals surface area contributed by atoms with Crippen LogP contribution in [0.25, 0.3) is 0 Å². The molecule has 2 aromatic heterocycles. The number of aromatic nitrogens is 1. The van der Waals surface area contributed by atoms with Crippen molar-refractivity contribution in [2.45, 2.75) is 45.6 Å². The lowest BCUT2D eigenvalue weighted by molar-refractivity contribution is 0.696. The number of nitrogens with one attached hydrogen (secondary N) is 1. The minimum Gasteiger partial charge on any atom is -0.375 e. The number of pyridine rings is 1. The Morgan fingerprint density at radius 1 is 1.35 bits per heavy atom. The monoisotopic (exact) mass is 306 g/mol. The summed E-state index contributed by atoms with van der Waals surface area (Å²) in [6, 6.07) is 4.63. The average Bonchev–Trinajstić information content (AvgIpc) is 2.87. The number of nitrogens with zero attached hydrogens (tertiary/aromatic N) is 1. The Morgan fingerprint density at radius 2 is 2.15 bits per heavy atom. The van der Waals surface area contributed by atoms with Crippen LogP contribution in [0.5, 0.6) is 0 Å². The van der Waals surface area contributed by atoms with Crippen molar-refractivity contribution in [3.05, 3.63) is 44.4 Å². The molecule has 0 bridgehead atoms. The van der Waals surface area contributed by atoms with E-state index < -0.39 is 0 Å². The summed E-state index contributed by atoms with van der Waals surface area (Å²) in [5.41, 5.74) is 3.64. The van der Waals surface area contributed by atoms with Gasteiger partial charge in [-0.1, -0.05) is 11.6 Å². The molecule has 2 heterocycles. The van der Waals surface area contributed by atoms with E-state index in [0.717, 1.165) is 11.3 Å². The standard InChI is InChI=1S/C16H19ClN2S/c1-10-7-8-18-16(17)15(10)19-11(2)14-9-12-5-3-4-6-13(12)20-14/h7-9,11,19H,3-6H2,1-2H3. The average molecular weight is 307 g/mol. The predicted octanol–water partition coefficient (Wildman–Crippen LogP) is 5.16. The molecule has 0 aromatic carbocycles. The molecule has 20 heavy (non-hydrogen) atoms. The molecule has 1 aliphatic rings. The molecule has 0 saturated heterocycles. The smallest absolute Gasteiger partial charge is 0.152 e. The normalized spacial score (nSPS) is 15.8. The third kappa shape index (κ3) is 2.70. The highest BCUT2D eigenvalue weighted by molar-refractivity contribution is 7.12. The van der Waals surface area contributed by atoms with E-state index in [1.807, 2.05) is 17.4 Å². The number of hydrogen-bond donors (Lipinski definition) is 1. The quantitative estimate of drug-likeness (QED) is 0.793. The van der Waals surface area contributed by atoms with Crippen molar-refractivity contribution >= 4 is 28.6 Å². The first kappa shape index (κ1) is 13.9. The fourth-order valence-electron chi connectivity index (χ4n) is 2.71. The molecule has 106 valence electrons. The van der Waals surface area contributed by atoms with Crippen LogP contribution in [0, 0.1) is 6.92 Å². The van der Waals surface area contributed by atoms with Crippen molar-refractivity contribution in [3.63, 3.8) is 0 Å². The molecule has 1 N–H and O–H groups in total. The number of thiophene rings is 1. The van der Waals surface area contributed by atoms with E-state index in [1.165, 1.54) is 30.6 Å². The second kappa shape index (κ2) is 5.74. The summed E-state index contributed by atoms with van der Waals surface area (Å²) in [6.45, 7) is 4.25. The molecule has 1 unspecified atom stereocenters. The lowest BCUT2D eigenvalue weighted by Crippen LogP contribution is -2.07. The van der Waals surface area contributed by atoms with Gasteiger partial charge in [-0.2, -0.15) is 0 Å². The summed E-state index contributed by atoms with van der Waals surface area (Å²) in [4.78, 5) is 7.14. The Bertz CT molecular complexity index is 577. The highest BCUT2D eigenvalue weighted by atomic mass is 35.5. The molecular weight excluding hydrogens is 288 g/mol. The van der Waals surface area contributed by atoms with Crippen molar-refractivity contribution in [1.29, 1.82) is 0 Å². The first-order valence-electron chi connectivity index (χ1n) is 7.14. The van der Waals surface area contributed by atoms with Crippen LogP contribution in [-0.2, 0) is 12.8 Å². The number of aryl methyl sites for hydroxylation is 3. The van der Waals surface area contributed by atoms with Gasteiger partial charge in [0.1, 0.15) is 0 Å². The largest absolute Gasteiger partial charge is 0.375 e. The Kier molecular flexibility index (Phi) is 3.99. The summed E-state index contributed by atoms with van der Waals surface area (Å²) in [6.07, 6.45) is 6.91. The number of anilines is 1. The van der Waals surface area contributed by atoms with Crippen molar-refractivity contribution in [2.24, 2.45) is 0 Å². The van der Waals surface area contributed by atoms with Crippen LogP contribution < -0.4 is 5.32 Å². The molecule has 0 radical (unpaired) electrons. The van der Waals surface area contributed by atoms with Crippen LogP contribution in [0.1, 0.15) is 46.7 Å². The molecule has 0 fully saturated rings. The molecule has 1 aliphatic carbocycles. The van der Waals surface area contributed by atoms with Crippen LogP contribution in [0.4, 0.5) is 5.69 Å². The lowest BCUT2D eigenvalue weighted by atomic mass is 9.99. The van der Waals surface area contributed by atoms with Gasteiger partial charge in [-0.15, -0.1) is 11.3 Å². The van der Waals surface area contributed by atoms with Crippen molar-refractivity contribution in [3.8, 4) is 0 Å². The Balaban J connectivity index is 1.82. The van der Waals surface area contributed by atoms with Crippen molar-refractivity contribution in [2.75, 3.05) is 5.32 Å². The fraction of sp³-hybridized carbons (Fsp3) is 0.438. The number of hydrogen-bond acceptors (Lipinski definition) is 3. The molecule has 0 amide bonds. The van der Waals surface area contributed by atoms with Crippen LogP contribution in [0.3, 0.4) is 0 Å². The van der Waals surface area contributed by atoms with E-state index >= 15 is 0 Å². The molecular formula is C16H19ClN2S. The third-order valence-electron chi connectivity index (χ3n) is 3.92. The van der Waals surface area contributed by atoms with Gasteiger partial charge in [0.2, 0.25) is 0 Å².